The van der Waals surface area contributed by atoms with Crippen LogP contribution in [0.25, 0.3) is 5.65 Å². The van der Waals surface area contributed by atoms with Crippen LogP contribution in [0.15, 0.2) is 29.0 Å². The van der Waals surface area contributed by atoms with E-state index in [-0.39, 0.29) is 30.9 Å². The van der Waals surface area contributed by atoms with Crippen molar-refractivity contribution in [3.8, 4) is 0 Å². The second-order valence-corrected chi connectivity index (χ2v) is 3.98. The van der Waals surface area contributed by atoms with Gasteiger partial charge in [0.15, 0.2) is 0 Å². The van der Waals surface area contributed by atoms with E-state index < -0.39 is 0 Å². The molecule has 1 unspecified atom stereocenters. The molecule has 1 atom stereocenters. The normalized spacial score (nSPS) is 11.7. The first-order valence-corrected chi connectivity index (χ1v) is 4.86. The monoisotopic (exact) mass is 311 g/mol. The first-order valence-electron chi connectivity index (χ1n) is 4.06. The highest BCUT2D eigenvalue weighted by Gasteiger charge is 2.04. The predicted molar refractivity (Wildman–Crippen MR) is 70.0 cm³/mol. The molecule has 0 aliphatic rings. The van der Waals surface area contributed by atoms with Crippen LogP contribution in [0.5, 0.6) is 0 Å². The van der Waals surface area contributed by atoms with Gasteiger partial charge in [-0.05, 0) is 35.0 Å². The van der Waals surface area contributed by atoms with Crippen molar-refractivity contribution >= 4 is 46.4 Å². The zero-order valence-corrected chi connectivity index (χ0v) is 11.3. The Bertz CT molecular complexity index is 442. The average Bonchev–Trinajstić information content (AvgIpc) is 2.46. The van der Waals surface area contributed by atoms with E-state index in [2.05, 4.69) is 20.9 Å². The topological polar surface area (TPSA) is 43.3 Å². The molecule has 0 aliphatic carbocycles. The Morgan fingerprint density at radius 1 is 1.33 bits per heavy atom. The van der Waals surface area contributed by atoms with E-state index in [0.29, 0.717) is 0 Å². The van der Waals surface area contributed by atoms with Crippen LogP contribution < -0.4 is 5.73 Å². The summed E-state index contributed by atoms with van der Waals surface area (Å²) in [6, 6.07) is 3.90. The lowest BCUT2D eigenvalue weighted by Gasteiger charge is -1.95. The van der Waals surface area contributed by atoms with Crippen molar-refractivity contribution in [3.63, 3.8) is 0 Å². The molecule has 2 N–H and O–H groups in total. The van der Waals surface area contributed by atoms with Crippen molar-refractivity contribution in [2.45, 2.75) is 13.0 Å². The Kier molecular flexibility index (Phi) is 5.59. The van der Waals surface area contributed by atoms with Gasteiger partial charge in [0.25, 0.3) is 0 Å². The largest absolute Gasteiger partial charge is 0.323 e. The van der Waals surface area contributed by atoms with Crippen molar-refractivity contribution in [2.75, 3.05) is 0 Å². The van der Waals surface area contributed by atoms with Crippen LogP contribution in [-0.4, -0.2) is 9.38 Å². The quantitative estimate of drug-likeness (QED) is 0.879. The van der Waals surface area contributed by atoms with E-state index in [1.54, 1.807) is 0 Å². The van der Waals surface area contributed by atoms with Crippen LogP contribution in [0.2, 0.25) is 0 Å². The zero-order chi connectivity index (χ0) is 9.42. The van der Waals surface area contributed by atoms with Gasteiger partial charge in [0, 0.05) is 22.9 Å². The fourth-order valence-electron chi connectivity index (χ4n) is 1.20. The minimum Gasteiger partial charge on any atom is -0.323 e. The van der Waals surface area contributed by atoms with Crippen molar-refractivity contribution < 1.29 is 0 Å². The second-order valence-electron chi connectivity index (χ2n) is 3.07. The van der Waals surface area contributed by atoms with Crippen molar-refractivity contribution in [1.29, 1.82) is 0 Å². The zero-order valence-electron chi connectivity index (χ0n) is 8.05. The van der Waals surface area contributed by atoms with Crippen molar-refractivity contribution in [3.05, 3.63) is 34.7 Å². The van der Waals surface area contributed by atoms with Crippen molar-refractivity contribution in [2.24, 2.45) is 5.73 Å². The minimum absolute atomic E-state index is 0. The summed E-state index contributed by atoms with van der Waals surface area (Å²) in [5.41, 5.74) is 7.57. The SMILES string of the molecule is CC(N)c1cn2cc(Br)ccc2n1.Cl.Cl. The molecule has 0 amide bonds. The van der Waals surface area contributed by atoms with Gasteiger partial charge >= 0.3 is 0 Å². The lowest BCUT2D eigenvalue weighted by molar-refractivity contribution is 0.790. The third kappa shape index (κ3) is 3.08. The van der Waals surface area contributed by atoms with Gasteiger partial charge < -0.3 is 10.1 Å². The van der Waals surface area contributed by atoms with Crippen LogP contribution in [0.4, 0.5) is 0 Å². The summed E-state index contributed by atoms with van der Waals surface area (Å²) in [6.45, 7) is 1.93. The Balaban J connectivity index is 0.000000980. The summed E-state index contributed by atoms with van der Waals surface area (Å²) < 4.78 is 3.00. The smallest absolute Gasteiger partial charge is 0.137 e. The molecule has 0 saturated carbocycles. The molecule has 0 spiro atoms. The number of halogens is 3. The van der Waals surface area contributed by atoms with Gasteiger partial charge in [-0.15, -0.1) is 24.8 Å². The third-order valence-electron chi connectivity index (χ3n) is 1.90. The maximum Gasteiger partial charge on any atom is 0.137 e. The van der Waals surface area contributed by atoms with Crippen LogP contribution in [0, 0.1) is 0 Å². The Morgan fingerprint density at radius 2 is 2.00 bits per heavy atom. The van der Waals surface area contributed by atoms with Crippen LogP contribution in [0.3, 0.4) is 0 Å². The van der Waals surface area contributed by atoms with Gasteiger partial charge in [0.2, 0.25) is 0 Å². The van der Waals surface area contributed by atoms with Gasteiger partial charge in [-0.1, -0.05) is 0 Å². The molecule has 84 valence electrons. The molecule has 2 aromatic rings. The number of nitrogens with zero attached hydrogens (tertiary/aromatic N) is 2. The molecule has 15 heavy (non-hydrogen) atoms. The highest BCUT2D eigenvalue weighted by atomic mass is 79.9. The molecular formula is C9H12BrCl2N3. The fourth-order valence-corrected chi connectivity index (χ4v) is 1.56. The van der Waals surface area contributed by atoms with E-state index in [1.165, 1.54) is 0 Å². The summed E-state index contributed by atoms with van der Waals surface area (Å²) in [5.74, 6) is 0. The summed E-state index contributed by atoms with van der Waals surface area (Å²) >= 11 is 3.40. The Labute approximate surface area is 109 Å². The number of pyridine rings is 1. The molecule has 3 nitrogen and oxygen atoms in total. The molecule has 2 heterocycles. The third-order valence-corrected chi connectivity index (χ3v) is 2.37. The van der Waals surface area contributed by atoms with Gasteiger partial charge in [-0.3, -0.25) is 0 Å². The first-order chi connectivity index (χ1) is 6.16. The summed E-state index contributed by atoms with van der Waals surface area (Å²) in [6.07, 6.45) is 3.92. The van der Waals surface area contributed by atoms with Crippen LogP contribution in [-0.2, 0) is 0 Å². The maximum atomic E-state index is 5.73. The predicted octanol–water partition coefficient (Wildman–Crippen LogP) is 2.96. The first kappa shape index (κ1) is 14.7. The number of aromatic nitrogens is 2. The molecule has 0 radical (unpaired) electrons. The van der Waals surface area contributed by atoms with Gasteiger partial charge in [-0.2, -0.15) is 0 Å². The summed E-state index contributed by atoms with van der Waals surface area (Å²) in [4.78, 5) is 4.37. The molecule has 0 saturated heterocycles. The van der Waals surface area contributed by atoms with Crippen LogP contribution >= 0.6 is 40.7 Å². The Hall–Kier alpha value is -0.290. The maximum absolute atomic E-state index is 5.73. The summed E-state index contributed by atoms with van der Waals surface area (Å²) in [7, 11) is 0. The number of fused-ring (bicyclic) bond motifs is 1. The van der Waals surface area contributed by atoms with Gasteiger partial charge in [-0.25, -0.2) is 4.98 Å². The van der Waals surface area contributed by atoms with E-state index >= 15 is 0 Å². The van der Waals surface area contributed by atoms with E-state index in [1.807, 2.05) is 35.9 Å². The molecule has 2 rings (SSSR count). The molecule has 0 aliphatic heterocycles. The molecule has 0 bridgehead atoms. The molecule has 0 aromatic carbocycles. The van der Waals surface area contributed by atoms with Crippen molar-refractivity contribution in [1.82, 2.24) is 9.38 Å². The molecule has 0 fully saturated rings. The van der Waals surface area contributed by atoms with Crippen LogP contribution in [0.1, 0.15) is 18.7 Å². The number of rotatable bonds is 1. The molecule has 6 heteroatoms. The average molecular weight is 313 g/mol. The summed E-state index contributed by atoms with van der Waals surface area (Å²) in [5, 5.41) is 0. The lowest BCUT2D eigenvalue weighted by Crippen LogP contribution is -2.04. The number of hydrogen-bond acceptors (Lipinski definition) is 2. The fraction of sp³-hybridized carbons (Fsp3) is 0.222. The standard InChI is InChI=1S/C9H10BrN3.2ClH/c1-6(11)8-5-13-4-7(10)2-3-9(13)12-8;;/h2-6H,11H2,1H3;2*1H. The van der Waals surface area contributed by atoms with Gasteiger partial charge in [0.05, 0.1) is 5.69 Å². The van der Waals surface area contributed by atoms with E-state index in [0.717, 1.165) is 15.8 Å². The number of hydrogen-bond donors (Lipinski definition) is 1. The number of imidazole rings is 1. The van der Waals surface area contributed by atoms with E-state index in [4.69, 9.17) is 5.73 Å². The molecular weight excluding hydrogens is 301 g/mol. The Morgan fingerprint density at radius 3 is 2.60 bits per heavy atom. The van der Waals surface area contributed by atoms with Gasteiger partial charge in [0.1, 0.15) is 5.65 Å². The molecule has 2 aromatic heterocycles. The second kappa shape index (κ2) is 5.70. The highest BCUT2D eigenvalue weighted by Crippen LogP contribution is 2.14. The minimum atomic E-state index is -0.0151. The highest BCUT2D eigenvalue weighted by molar-refractivity contribution is 9.10. The number of nitrogens with two attached hydrogens (primary N) is 1. The lowest BCUT2D eigenvalue weighted by atomic mass is 10.3. The van der Waals surface area contributed by atoms with E-state index in [9.17, 15) is 0 Å².